The summed E-state index contributed by atoms with van der Waals surface area (Å²) in [5, 5.41) is 2.91. The van der Waals surface area contributed by atoms with Gasteiger partial charge in [0.25, 0.3) is 0 Å². The maximum absolute atomic E-state index is 13.3. The molecule has 17 heavy (non-hydrogen) atoms. The van der Waals surface area contributed by atoms with Crippen LogP contribution in [0.1, 0.15) is 24.0 Å². The highest BCUT2D eigenvalue weighted by molar-refractivity contribution is 5.28. The van der Waals surface area contributed by atoms with Crippen LogP contribution in [0.25, 0.3) is 0 Å². The average molecular weight is 251 g/mol. The van der Waals surface area contributed by atoms with E-state index in [0.29, 0.717) is 6.07 Å². The van der Waals surface area contributed by atoms with Crippen LogP contribution in [0.5, 0.6) is 0 Å². The second kappa shape index (κ2) is 4.25. The first-order chi connectivity index (χ1) is 7.88. The van der Waals surface area contributed by atoms with Gasteiger partial charge in [-0.2, -0.15) is 13.2 Å². The highest BCUT2D eigenvalue weighted by atomic mass is 19.4. The fraction of sp³-hybridized carbons (Fsp3) is 0.455. The zero-order chi connectivity index (χ0) is 12.6. The van der Waals surface area contributed by atoms with E-state index in [4.69, 9.17) is 0 Å². The van der Waals surface area contributed by atoms with Gasteiger partial charge >= 0.3 is 6.18 Å². The molecule has 0 unspecified atom stereocenters. The van der Waals surface area contributed by atoms with E-state index in [1.165, 1.54) is 0 Å². The molecule has 6 heteroatoms. The second-order valence-corrected chi connectivity index (χ2v) is 4.08. The van der Waals surface area contributed by atoms with Gasteiger partial charge < -0.3 is 5.32 Å². The van der Waals surface area contributed by atoms with Crippen molar-refractivity contribution in [3.63, 3.8) is 0 Å². The quantitative estimate of drug-likeness (QED) is 0.813. The number of rotatable bonds is 3. The van der Waals surface area contributed by atoms with E-state index >= 15 is 0 Å². The van der Waals surface area contributed by atoms with Gasteiger partial charge in [-0.05, 0) is 25.0 Å². The van der Waals surface area contributed by atoms with Gasteiger partial charge in [0.15, 0.2) is 0 Å². The minimum absolute atomic E-state index is 0.0472. The molecule has 0 aliphatic heterocycles. The van der Waals surface area contributed by atoms with Gasteiger partial charge in [-0.25, -0.2) is 8.78 Å². The lowest BCUT2D eigenvalue weighted by atomic mass is 10.1. The second-order valence-electron chi connectivity index (χ2n) is 4.08. The largest absolute Gasteiger partial charge is 0.419 e. The van der Waals surface area contributed by atoms with E-state index < -0.39 is 23.4 Å². The molecule has 0 bridgehead atoms. The minimum Gasteiger partial charge on any atom is -0.310 e. The van der Waals surface area contributed by atoms with Crippen LogP contribution in [0.4, 0.5) is 22.0 Å². The fourth-order valence-electron chi connectivity index (χ4n) is 1.48. The Balaban J connectivity index is 2.20. The molecule has 94 valence electrons. The summed E-state index contributed by atoms with van der Waals surface area (Å²) >= 11 is 0. The van der Waals surface area contributed by atoms with Gasteiger partial charge in [-0.1, -0.05) is 0 Å². The number of hydrogen-bond donors (Lipinski definition) is 1. The number of alkyl halides is 3. The number of halogens is 5. The summed E-state index contributed by atoms with van der Waals surface area (Å²) in [5.41, 5.74) is -1.65. The molecule has 1 aliphatic carbocycles. The average Bonchev–Trinajstić information content (AvgIpc) is 3.00. The summed E-state index contributed by atoms with van der Waals surface area (Å²) in [6.07, 6.45) is -2.94. The van der Waals surface area contributed by atoms with Crippen molar-refractivity contribution >= 4 is 0 Å². The van der Waals surface area contributed by atoms with E-state index in [2.05, 4.69) is 5.32 Å². The number of nitrogens with one attached hydrogen (secondary N) is 1. The summed E-state index contributed by atoms with van der Waals surface area (Å²) in [4.78, 5) is 0. The Morgan fingerprint density at radius 1 is 1.12 bits per heavy atom. The Kier molecular flexibility index (Phi) is 3.07. The Labute approximate surface area is 94.6 Å². The minimum atomic E-state index is -4.87. The molecule has 1 aromatic rings. The van der Waals surface area contributed by atoms with Crippen LogP contribution in [0, 0.1) is 11.6 Å². The van der Waals surface area contributed by atoms with Crippen LogP contribution < -0.4 is 5.32 Å². The Hall–Kier alpha value is -1.17. The first-order valence-corrected chi connectivity index (χ1v) is 5.16. The third-order valence-electron chi connectivity index (χ3n) is 2.60. The molecule has 1 saturated carbocycles. The van der Waals surface area contributed by atoms with Gasteiger partial charge in [0, 0.05) is 18.2 Å². The lowest BCUT2D eigenvalue weighted by Gasteiger charge is -2.11. The van der Waals surface area contributed by atoms with Crippen molar-refractivity contribution in [1.82, 2.24) is 5.32 Å². The zero-order valence-electron chi connectivity index (χ0n) is 8.74. The fourth-order valence-corrected chi connectivity index (χ4v) is 1.48. The topological polar surface area (TPSA) is 12.0 Å². The summed E-state index contributed by atoms with van der Waals surface area (Å²) in [5.74, 6) is -2.47. The van der Waals surface area contributed by atoms with Crippen LogP contribution >= 0.6 is 0 Å². The van der Waals surface area contributed by atoms with E-state index in [1.54, 1.807) is 0 Å². The third-order valence-corrected chi connectivity index (χ3v) is 2.60. The highest BCUT2D eigenvalue weighted by Crippen LogP contribution is 2.32. The van der Waals surface area contributed by atoms with Crippen LogP contribution in [0.15, 0.2) is 12.1 Å². The predicted molar refractivity (Wildman–Crippen MR) is 51.2 cm³/mol. The molecule has 0 aromatic heterocycles. The van der Waals surface area contributed by atoms with Gasteiger partial charge in [0.1, 0.15) is 11.6 Å². The molecule has 1 aromatic carbocycles. The number of benzene rings is 1. The van der Waals surface area contributed by atoms with Gasteiger partial charge in [0.2, 0.25) is 0 Å². The Morgan fingerprint density at radius 3 is 2.29 bits per heavy atom. The van der Waals surface area contributed by atoms with E-state index in [1.807, 2.05) is 0 Å². The molecule has 1 nitrogen and oxygen atoms in total. The van der Waals surface area contributed by atoms with E-state index in [-0.39, 0.29) is 24.2 Å². The summed E-state index contributed by atoms with van der Waals surface area (Å²) < 4.78 is 63.3. The molecule has 0 amide bonds. The molecule has 0 saturated heterocycles. The van der Waals surface area contributed by atoms with Crippen molar-refractivity contribution in [2.45, 2.75) is 31.6 Å². The normalized spacial score (nSPS) is 16.3. The van der Waals surface area contributed by atoms with Gasteiger partial charge in [-0.3, -0.25) is 0 Å². The van der Waals surface area contributed by atoms with Crippen molar-refractivity contribution in [2.24, 2.45) is 0 Å². The molecule has 0 spiro atoms. The first kappa shape index (κ1) is 12.3. The molecule has 1 N–H and O–H groups in total. The molecule has 0 atom stereocenters. The van der Waals surface area contributed by atoms with Crippen LogP contribution in [0.2, 0.25) is 0 Å². The van der Waals surface area contributed by atoms with Gasteiger partial charge in [-0.15, -0.1) is 0 Å². The first-order valence-electron chi connectivity index (χ1n) is 5.16. The lowest BCUT2D eigenvalue weighted by Crippen LogP contribution is -2.17. The molecule has 1 aliphatic rings. The van der Waals surface area contributed by atoms with Crippen molar-refractivity contribution in [3.05, 3.63) is 34.9 Å². The SMILES string of the molecule is Fc1cc(C(F)(F)F)c(F)cc1CNC1CC1. The Bertz CT molecular complexity index is 423. The van der Waals surface area contributed by atoms with Gasteiger partial charge in [0.05, 0.1) is 5.56 Å². The maximum Gasteiger partial charge on any atom is 0.419 e. The smallest absolute Gasteiger partial charge is 0.310 e. The standard InChI is InChI=1S/C11H10F5N/c12-9-4-8(11(14,15)16)10(13)3-6(9)5-17-7-1-2-7/h3-4,7,17H,1-2,5H2. The summed E-state index contributed by atoms with van der Waals surface area (Å²) in [7, 11) is 0. The van der Waals surface area contributed by atoms with Crippen LogP contribution in [0.3, 0.4) is 0 Å². The lowest BCUT2D eigenvalue weighted by molar-refractivity contribution is -0.140. The predicted octanol–water partition coefficient (Wildman–Crippen LogP) is 3.24. The van der Waals surface area contributed by atoms with Crippen LogP contribution in [-0.4, -0.2) is 6.04 Å². The number of hydrogen-bond acceptors (Lipinski definition) is 1. The van der Waals surface area contributed by atoms with Crippen LogP contribution in [-0.2, 0) is 12.7 Å². The summed E-state index contributed by atoms with van der Waals surface area (Å²) in [6.45, 7) is 0.0472. The molecular formula is C11H10F5N. The van der Waals surface area contributed by atoms with Crippen molar-refractivity contribution in [2.75, 3.05) is 0 Å². The summed E-state index contributed by atoms with van der Waals surface area (Å²) in [6, 6.07) is 1.09. The monoisotopic (exact) mass is 251 g/mol. The van der Waals surface area contributed by atoms with E-state index in [9.17, 15) is 22.0 Å². The maximum atomic E-state index is 13.3. The van der Waals surface area contributed by atoms with Crippen molar-refractivity contribution in [1.29, 1.82) is 0 Å². The zero-order valence-corrected chi connectivity index (χ0v) is 8.74. The molecular weight excluding hydrogens is 241 g/mol. The molecule has 0 heterocycles. The Morgan fingerprint density at radius 2 is 1.76 bits per heavy atom. The molecule has 0 radical (unpaired) electrons. The molecule has 2 rings (SSSR count). The van der Waals surface area contributed by atoms with Crippen molar-refractivity contribution < 1.29 is 22.0 Å². The van der Waals surface area contributed by atoms with E-state index in [0.717, 1.165) is 12.8 Å². The molecule has 1 fully saturated rings. The van der Waals surface area contributed by atoms with Crippen molar-refractivity contribution in [3.8, 4) is 0 Å². The third kappa shape index (κ3) is 2.94. The highest BCUT2D eigenvalue weighted by Gasteiger charge is 2.35.